The SMILES string of the molecule is CO[NH+]([O-])C1=C(C)NC(C)=C(C(=O)O)C1c1cccc([N+](=O)[O-])c1. The first-order valence-electron chi connectivity index (χ1n) is 7.02. The molecule has 9 heteroatoms. The molecule has 0 bridgehead atoms. The Bertz CT molecular complexity index is 755. The number of dihydropyridines is 1. The third-order valence-corrected chi connectivity index (χ3v) is 3.81. The molecule has 2 rings (SSSR count). The van der Waals surface area contributed by atoms with Gasteiger partial charge in [-0.25, -0.2) is 9.63 Å². The quantitative estimate of drug-likeness (QED) is 0.536. The number of hydrogen-bond acceptors (Lipinski definition) is 6. The fourth-order valence-corrected chi connectivity index (χ4v) is 2.81. The minimum absolute atomic E-state index is 0.0542. The lowest BCUT2D eigenvalue weighted by molar-refractivity contribution is -1.02. The third-order valence-electron chi connectivity index (χ3n) is 3.81. The topological polar surface area (TPSA) is 129 Å². The molecule has 0 saturated heterocycles. The maximum Gasteiger partial charge on any atom is 0.334 e. The summed E-state index contributed by atoms with van der Waals surface area (Å²) in [7, 11) is 1.19. The number of carboxylic acid groups (broad SMARTS) is 1. The van der Waals surface area contributed by atoms with E-state index in [9.17, 15) is 25.2 Å². The first kappa shape index (κ1) is 17.6. The van der Waals surface area contributed by atoms with Crippen molar-refractivity contribution in [2.45, 2.75) is 19.8 Å². The van der Waals surface area contributed by atoms with Crippen LogP contribution in [0.1, 0.15) is 25.3 Å². The van der Waals surface area contributed by atoms with Crippen molar-refractivity contribution in [3.05, 3.63) is 67.8 Å². The molecule has 0 aliphatic carbocycles. The van der Waals surface area contributed by atoms with E-state index in [4.69, 9.17) is 4.84 Å². The summed E-state index contributed by atoms with van der Waals surface area (Å²) >= 11 is 0. The fraction of sp³-hybridized carbons (Fsp3) is 0.267. The zero-order valence-corrected chi connectivity index (χ0v) is 13.3. The number of carboxylic acids is 1. The van der Waals surface area contributed by atoms with Crippen LogP contribution in [0, 0.1) is 15.3 Å². The van der Waals surface area contributed by atoms with E-state index in [0.717, 1.165) is 0 Å². The number of non-ortho nitro benzene ring substituents is 1. The van der Waals surface area contributed by atoms with Gasteiger partial charge in [0.05, 0.1) is 29.2 Å². The van der Waals surface area contributed by atoms with Gasteiger partial charge in [-0.3, -0.25) is 10.1 Å². The number of carbonyl (C=O) groups is 1. The summed E-state index contributed by atoms with van der Waals surface area (Å²) in [6.45, 7) is 3.20. The van der Waals surface area contributed by atoms with Crippen LogP contribution < -0.4 is 10.5 Å². The van der Waals surface area contributed by atoms with Crippen molar-refractivity contribution in [1.29, 1.82) is 0 Å². The van der Waals surface area contributed by atoms with Gasteiger partial charge < -0.3 is 15.6 Å². The number of nitrogens with zero attached hydrogens (tertiary/aromatic N) is 1. The molecule has 1 aliphatic rings. The third kappa shape index (κ3) is 3.13. The normalized spacial score (nSPS) is 19.1. The molecule has 2 unspecified atom stereocenters. The van der Waals surface area contributed by atoms with Crippen molar-refractivity contribution in [1.82, 2.24) is 5.32 Å². The number of allylic oxidation sites excluding steroid dienone is 3. The Labute approximate surface area is 137 Å². The molecule has 0 spiro atoms. The van der Waals surface area contributed by atoms with Gasteiger partial charge in [-0.15, -0.1) is 0 Å². The summed E-state index contributed by atoms with van der Waals surface area (Å²) in [5.74, 6) is -2.18. The van der Waals surface area contributed by atoms with Crippen LogP contribution in [0.3, 0.4) is 0 Å². The fourth-order valence-electron chi connectivity index (χ4n) is 2.81. The molecule has 9 nitrogen and oxygen atoms in total. The number of nitro benzene ring substituents is 1. The van der Waals surface area contributed by atoms with Crippen LogP contribution in [0.25, 0.3) is 0 Å². The van der Waals surface area contributed by atoms with Crippen molar-refractivity contribution >= 4 is 11.7 Å². The van der Waals surface area contributed by atoms with Gasteiger partial charge in [0.25, 0.3) is 5.69 Å². The van der Waals surface area contributed by atoms with Crippen molar-refractivity contribution in [2.24, 2.45) is 0 Å². The highest BCUT2D eigenvalue weighted by Crippen LogP contribution is 2.36. The lowest BCUT2D eigenvalue weighted by Crippen LogP contribution is -3.05. The number of hydrogen-bond donors (Lipinski definition) is 3. The molecular formula is C15H17N3O6. The molecule has 0 amide bonds. The first-order chi connectivity index (χ1) is 11.3. The van der Waals surface area contributed by atoms with Gasteiger partial charge in [0.2, 0.25) is 0 Å². The Morgan fingerprint density at radius 2 is 2.04 bits per heavy atom. The molecule has 1 aromatic rings. The Kier molecular flexibility index (Phi) is 4.98. The standard InChI is InChI=1S/C15H17N3O6/c1-8-12(15(19)20)13(14(9(2)16-8)18(23)24-3)10-5-4-6-11(7-10)17(21)22/h4-7,13,16,18H,1-3H3,(H,19,20). The van der Waals surface area contributed by atoms with Crippen molar-refractivity contribution in [2.75, 3.05) is 7.11 Å². The zero-order chi connectivity index (χ0) is 18.0. The van der Waals surface area contributed by atoms with Crippen LogP contribution in [0.2, 0.25) is 0 Å². The number of hydroxylamine groups is 2. The summed E-state index contributed by atoms with van der Waals surface area (Å²) < 4.78 is 0. The number of benzene rings is 1. The molecule has 1 aliphatic heterocycles. The minimum atomic E-state index is -1.22. The molecule has 0 fully saturated rings. The lowest BCUT2D eigenvalue weighted by Gasteiger charge is -2.33. The Morgan fingerprint density at radius 1 is 1.38 bits per heavy atom. The van der Waals surface area contributed by atoms with E-state index in [1.807, 2.05) is 0 Å². The minimum Gasteiger partial charge on any atom is -0.595 e. The first-order valence-corrected chi connectivity index (χ1v) is 7.02. The molecular weight excluding hydrogens is 318 g/mol. The molecule has 24 heavy (non-hydrogen) atoms. The molecule has 128 valence electrons. The lowest BCUT2D eigenvalue weighted by atomic mass is 9.84. The van der Waals surface area contributed by atoms with E-state index in [2.05, 4.69) is 5.32 Å². The smallest absolute Gasteiger partial charge is 0.334 e. The summed E-state index contributed by atoms with van der Waals surface area (Å²) in [6.07, 6.45) is 0. The molecule has 0 saturated carbocycles. The summed E-state index contributed by atoms with van der Waals surface area (Å²) in [5, 5.41) is 34.9. The van der Waals surface area contributed by atoms with E-state index in [1.165, 1.54) is 25.3 Å². The molecule has 0 radical (unpaired) electrons. The monoisotopic (exact) mass is 335 g/mol. The maximum atomic E-state index is 12.2. The predicted octanol–water partition coefficient (Wildman–Crippen LogP) is 0.816. The molecule has 2 atom stereocenters. The van der Waals surface area contributed by atoms with Gasteiger partial charge in [0.1, 0.15) is 0 Å². The summed E-state index contributed by atoms with van der Waals surface area (Å²) in [6, 6.07) is 5.57. The Hall–Kier alpha value is -2.75. The van der Waals surface area contributed by atoms with E-state index in [-0.39, 0.29) is 17.0 Å². The molecule has 1 heterocycles. The highest BCUT2D eigenvalue weighted by molar-refractivity contribution is 5.90. The van der Waals surface area contributed by atoms with Gasteiger partial charge in [0.15, 0.2) is 5.70 Å². The highest BCUT2D eigenvalue weighted by Gasteiger charge is 2.38. The van der Waals surface area contributed by atoms with Crippen LogP contribution >= 0.6 is 0 Å². The van der Waals surface area contributed by atoms with Crippen LogP contribution in [0.5, 0.6) is 0 Å². The number of nitro groups is 1. The molecule has 0 aromatic heterocycles. The largest absolute Gasteiger partial charge is 0.595 e. The van der Waals surface area contributed by atoms with Crippen LogP contribution in [-0.4, -0.2) is 23.1 Å². The maximum absolute atomic E-state index is 12.2. The van der Waals surface area contributed by atoms with Gasteiger partial charge in [0, 0.05) is 17.8 Å². The second-order valence-corrected chi connectivity index (χ2v) is 5.28. The van der Waals surface area contributed by atoms with Crippen LogP contribution in [0.4, 0.5) is 5.69 Å². The second kappa shape index (κ2) is 6.79. The van der Waals surface area contributed by atoms with Crippen molar-refractivity contribution in [3.8, 4) is 0 Å². The average Bonchev–Trinajstić information content (AvgIpc) is 2.53. The highest BCUT2D eigenvalue weighted by atomic mass is 16.9. The van der Waals surface area contributed by atoms with E-state index < -0.39 is 22.0 Å². The van der Waals surface area contributed by atoms with Crippen molar-refractivity contribution in [3.63, 3.8) is 0 Å². The van der Waals surface area contributed by atoms with Gasteiger partial charge in [-0.1, -0.05) is 12.1 Å². The number of nitrogens with one attached hydrogen (secondary N) is 2. The van der Waals surface area contributed by atoms with Crippen molar-refractivity contribution < 1.29 is 24.9 Å². The second-order valence-electron chi connectivity index (χ2n) is 5.28. The number of aliphatic carboxylic acids is 1. The van der Waals surface area contributed by atoms with E-state index >= 15 is 0 Å². The Balaban J connectivity index is 2.69. The van der Waals surface area contributed by atoms with E-state index in [1.54, 1.807) is 19.9 Å². The average molecular weight is 335 g/mol. The van der Waals surface area contributed by atoms with Gasteiger partial charge in [-0.05, 0) is 19.4 Å². The summed E-state index contributed by atoms with van der Waals surface area (Å²) in [4.78, 5) is 26.9. The number of rotatable bonds is 5. The molecule has 1 aromatic carbocycles. The number of quaternary nitrogens is 1. The van der Waals surface area contributed by atoms with Crippen LogP contribution in [0.15, 0.2) is 46.9 Å². The van der Waals surface area contributed by atoms with Gasteiger partial charge in [-0.2, -0.15) is 5.23 Å². The van der Waals surface area contributed by atoms with E-state index in [0.29, 0.717) is 17.0 Å². The summed E-state index contributed by atoms with van der Waals surface area (Å²) in [5.41, 5.74) is 1.02. The molecule has 3 N–H and O–H groups in total. The predicted molar refractivity (Wildman–Crippen MR) is 83.3 cm³/mol. The van der Waals surface area contributed by atoms with Gasteiger partial charge >= 0.3 is 5.97 Å². The Morgan fingerprint density at radius 3 is 2.58 bits per heavy atom. The zero-order valence-electron chi connectivity index (χ0n) is 13.3. The van der Waals surface area contributed by atoms with Crippen LogP contribution in [-0.2, 0) is 9.63 Å².